The largest absolute Gasteiger partial charge is 0.394 e. The minimum absolute atomic E-state index is 0.119. The number of aliphatic hydroxyl groups excluding tert-OH is 5. The predicted octanol–water partition coefficient (Wildman–Crippen LogP) is -3.11. The van der Waals surface area contributed by atoms with Gasteiger partial charge in [-0.25, -0.2) is 0 Å². The minimum Gasteiger partial charge on any atom is -0.394 e. The third-order valence-corrected chi connectivity index (χ3v) is 1.85. The first-order valence-corrected chi connectivity index (χ1v) is 4.05. The van der Waals surface area contributed by atoms with Crippen molar-refractivity contribution in [2.75, 3.05) is 6.61 Å². The zero-order valence-electron chi connectivity index (χ0n) is 7.60. The van der Waals surface area contributed by atoms with Crippen LogP contribution in [0.3, 0.4) is 0 Å². The highest BCUT2D eigenvalue weighted by Gasteiger charge is 2.35. The van der Waals surface area contributed by atoms with E-state index in [9.17, 15) is 9.32 Å². The van der Waals surface area contributed by atoms with Gasteiger partial charge in [0, 0.05) is 0 Å². The van der Waals surface area contributed by atoms with Crippen molar-refractivity contribution in [2.45, 2.75) is 30.5 Å². The molecular weight excluding hydrogens is 215 g/mol. The first kappa shape index (κ1) is 14.4. The second kappa shape index (κ2) is 6.77. The molecule has 4 unspecified atom stereocenters. The first-order chi connectivity index (χ1) is 6.99. The summed E-state index contributed by atoms with van der Waals surface area (Å²) in [5, 5.41) is 44.6. The summed E-state index contributed by atoms with van der Waals surface area (Å²) >= 11 is 0. The van der Waals surface area contributed by atoms with Crippen molar-refractivity contribution in [2.24, 2.45) is 0 Å². The van der Waals surface area contributed by atoms with Gasteiger partial charge in [-0.1, -0.05) is 0 Å². The molecule has 7 nitrogen and oxygen atoms in total. The van der Waals surface area contributed by atoms with Crippen LogP contribution in [-0.2, 0) is 9.74 Å². The second-order valence-corrected chi connectivity index (χ2v) is 2.91. The lowest BCUT2D eigenvalue weighted by molar-refractivity contribution is -0.223. The van der Waals surface area contributed by atoms with Crippen LogP contribution in [0.1, 0.15) is 0 Å². The smallest absolute Gasteiger partial charge is 0.182 e. The number of hydrogen-bond donors (Lipinski definition) is 5. The van der Waals surface area contributed by atoms with Gasteiger partial charge in [0.1, 0.15) is 24.4 Å². The molecule has 0 fully saturated rings. The lowest BCUT2D eigenvalue weighted by Crippen LogP contribution is -2.50. The average molecular weight is 228 g/mol. The molecule has 0 saturated heterocycles. The zero-order chi connectivity index (χ0) is 12.0. The van der Waals surface area contributed by atoms with Gasteiger partial charge >= 0.3 is 0 Å². The van der Waals surface area contributed by atoms with Crippen molar-refractivity contribution in [3.05, 3.63) is 0 Å². The van der Waals surface area contributed by atoms with Crippen molar-refractivity contribution in [1.29, 1.82) is 0 Å². The molecule has 0 aliphatic carbocycles. The second-order valence-electron chi connectivity index (χ2n) is 2.91. The highest BCUT2D eigenvalue weighted by molar-refractivity contribution is 5.57. The number of carbonyl (C=O) groups is 1. The van der Waals surface area contributed by atoms with E-state index in [1.165, 1.54) is 0 Å². The third kappa shape index (κ3) is 3.78. The lowest BCUT2D eigenvalue weighted by Gasteiger charge is -2.26. The number of aldehydes is 1. The molecule has 0 heterocycles. The Balaban J connectivity index is 4.40. The molecule has 90 valence electrons. The van der Waals surface area contributed by atoms with Gasteiger partial charge in [-0.05, 0) is 4.53 Å². The van der Waals surface area contributed by atoms with Crippen molar-refractivity contribution in [3.63, 3.8) is 0 Å². The highest BCUT2D eigenvalue weighted by atomic mass is 19.3. The topological polar surface area (TPSA) is 127 Å². The van der Waals surface area contributed by atoms with E-state index >= 15 is 0 Å². The maximum Gasteiger partial charge on any atom is 0.182 e. The first-order valence-electron chi connectivity index (χ1n) is 4.05. The number of halogens is 1. The molecule has 5 N–H and O–H groups in total. The predicted molar refractivity (Wildman–Crippen MR) is 43.2 cm³/mol. The van der Waals surface area contributed by atoms with Gasteiger partial charge < -0.3 is 30.3 Å². The Kier molecular flexibility index (Phi) is 6.48. The molecular formula is C7H13FO7. The van der Waals surface area contributed by atoms with Crippen LogP contribution in [0.2, 0.25) is 0 Å². The Morgan fingerprint density at radius 3 is 2.00 bits per heavy atom. The maximum atomic E-state index is 11.6. The molecule has 0 aromatic heterocycles. The van der Waals surface area contributed by atoms with Gasteiger partial charge in [0.05, 0.1) is 6.61 Å². The van der Waals surface area contributed by atoms with E-state index in [4.69, 9.17) is 25.5 Å². The molecule has 0 amide bonds. The van der Waals surface area contributed by atoms with Crippen LogP contribution in [0.5, 0.6) is 0 Å². The molecule has 0 spiro atoms. The number of aliphatic hydroxyl groups is 5. The van der Waals surface area contributed by atoms with Crippen LogP contribution in [0.25, 0.3) is 0 Å². The summed E-state index contributed by atoms with van der Waals surface area (Å²) < 4.78 is 11.6. The van der Waals surface area contributed by atoms with E-state index in [-0.39, 0.29) is 6.29 Å². The fraction of sp³-hybridized carbons (Fsp3) is 0.857. The summed E-state index contributed by atoms with van der Waals surface area (Å²) in [6, 6.07) is 0. The molecule has 0 aliphatic rings. The number of rotatable bonds is 7. The number of carbonyl (C=O) groups excluding carboxylic acids is 1. The van der Waals surface area contributed by atoms with Crippen molar-refractivity contribution >= 4 is 6.29 Å². The Labute approximate surface area is 84.2 Å². The quantitative estimate of drug-likeness (QED) is 0.292. The molecule has 0 rings (SSSR count). The van der Waals surface area contributed by atoms with Gasteiger partial charge in [0.25, 0.3) is 0 Å². The van der Waals surface area contributed by atoms with Gasteiger partial charge in [-0.3, -0.25) is 0 Å². The van der Waals surface area contributed by atoms with Crippen LogP contribution < -0.4 is 0 Å². The third-order valence-electron chi connectivity index (χ3n) is 1.85. The Hall–Kier alpha value is -0.640. The van der Waals surface area contributed by atoms with Crippen molar-refractivity contribution in [1.82, 2.24) is 0 Å². The van der Waals surface area contributed by atoms with E-state index in [0.29, 0.717) is 0 Å². The van der Waals surface area contributed by atoms with E-state index < -0.39 is 37.1 Å². The summed E-state index contributed by atoms with van der Waals surface area (Å²) in [6.07, 6.45) is -9.82. The minimum atomic E-state index is -2.05. The molecule has 15 heavy (non-hydrogen) atoms. The maximum absolute atomic E-state index is 11.6. The van der Waals surface area contributed by atoms with E-state index in [1.54, 1.807) is 0 Å². The van der Waals surface area contributed by atoms with Gasteiger partial charge in [0.15, 0.2) is 12.4 Å². The van der Waals surface area contributed by atoms with Crippen molar-refractivity contribution < 1.29 is 39.8 Å². The number of hydrogen-bond acceptors (Lipinski definition) is 7. The monoisotopic (exact) mass is 228 g/mol. The molecule has 0 aromatic rings. The van der Waals surface area contributed by atoms with Crippen LogP contribution in [-0.4, -0.2) is 68.9 Å². The molecule has 0 radical (unpaired) electrons. The average Bonchev–Trinajstić information content (AvgIpc) is 2.27. The Morgan fingerprint density at radius 1 is 1.13 bits per heavy atom. The standard InChI is InChI=1S/C7H13FO7/c8-15-4(2-10)6(13)7(14)5(12)3(11)1-9/h2-7,9,11-14H,1H2/t3?,4-,5?,6?,7?/m0/s1. The Bertz CT molecular complexity index is 190. The van der Waals surface area contributed by atoms with Gasteiger partial charge in [-0.15, -0.1) is 0 Å². The fourth-order valence-electron chi connectivity index (χ4n) is 0.886. The molecule has 8 heteroatoms. The van der Waals surface area contributed by atoms with Gasteiger partial charge in [-0.2, -0.15) is 4.94 Å². The molecule has 0 bridgehead atoms. The van der Waals surface area contributed by atoms with Crippen LogP contribution in [0.15, 0.2) is 0 Å². The SMILES string of the molecule is O=C[C@H](OF)C(O)C(O)C(O)C(O)CO. The van der Waals surface area contributed by atoms with E-state index in [0.717, 1.165) is 0 Å². The zero-order valence-corrected chi connectivity index (χ0v) is 7.60. The van der Waals surface area contributed by atoms with Crippen LogP contribution >= 0.6 is 0 Å². The summed E-state index contributed by atoms with van der Waals surface area (Å²) in [6.45, 7) is -0.868. The lowest BCUT2D eigenvalue weighted by atomic mass is 10.0. The molecule has 5 atom stereocenters. The van der Waals surface area contributed by atoms with Crippen LogP contribution in [0, 0.1) is 0 Å². The summed E-state index contributed by atoms with van der Waals surface area (Å²) in [7, 11) is 0. The summed E-state index contributed by atoms with van der Waals surface area (Å²) in [5.41, 5.74) is 0. The molecule has 0 aliphatic heterocycles. The summed E-state index contributed by atoms with van der Waals surface area (Å²) in [4.78, 5) is 13.1. The molecule has 0 saturated carbocycles. The normalized spacial score (nSPS) is 21.5. The Morgan fingerprint density at radius 2 is 1.67 bits per heavy atom. The molecule has 0 aromatic carbocycles. The van der Waals surface area contributed by atoms with Gasteiger partial charge in [0.2, 0.25) is 0 Å². The van der Waals surface area contributed by atoms with E-state index in [2.05, 4.69) is 4.94 Å². The highest BCUT2D eigenvalue weighted by Crippen LogP contribution is 2.09. The fourth-order valence-corrected chi connectivity index (χ4v) is 0.886. The summed E-state index contributed by atoms with van der Waals surface area (Å²) in [5.74, 6) is 0. The van der Waals surface area contributed by atoms with Crippen LogP contribution in [0.4, 0.5) is 4.53 Å². The van der Waals surface area contributed by atoms with E-state index in [1.807, 2.05) is 0 Å². The van der Waals surface area contributed by atoms with Crippen molar-refractivity contribution in [3.8, 4) is 0 Å².